The minimum Gasteiger partial charge on any atom is -0.465 e. The van der Waals surface area contributed by atoms with Crippen LogP contribution in [0.3, 0.4) is 0 Å². The summed E-state index contributed by atoms with van der Waals surface area (Å²) in [5, 5.41) is 9.25. The average molecular weight is 412 g/mol. The van der Waals surface area contributed by atoms with Gasteiger partial charge in [-0.3, -0.25) is 4.79 Å². The number of carboxylic acid groups (broad SMARTS) is 1. The van der Waals surface area contributed by atoms with Gasteiger partial charge in [0.05, 0.1) is 5.41 Å². The molecule has 1 aliphatic heterocycles. The molecule has 1 heterocycles. The molecule has 0 bridgehead atoms. The first-order chi connectivity index (χ1) is 11.5. The van der Waals surface area contributed by atoms with Gasteiger partial charge < -0.3 is 14.7 Å². The number of nitrogens with zero attached hydrogens (tertiary/aromatic N) is 1. The Bertz CT molecular complexity index is 655. The van der Waals surface area contributed by atoms with E-state index in [2.05, 4.69) is 15.9 Å². The molecule has 25 heavy (non-hydrogen) atoms. The second-order valence-electron chi connectivity index (χ2n) is 7.94. The van der Waals surface area contributed by atoms with Crippen LogP contribution in [-0.4, -0.2) is 40.8 Å². The summed E-state index contributed by atoms with van der Waals surface area (Å²) in [5.41, 5.74) is -0.338. The fraction of sp³-hybridized carbons (Fsp3) is 0.579. The van der Waals surface area contributed by atoms with Crippen molar-refractivity contribution in [1.82, 2.24) is 4.90 Å². The molecule has 0 saturated carbocycles. The predicted molar refractivity (Wildman–Crippen MR) is 99.5 cm³/mol. The zero-order valence-corrected chi connectivity index (χ0v) is 16.8. The Balaban J connectivity index is 2.30. The minimum atomic E-state index is -0.934. The summed E-state index contributed by atoms with van der Waals surface area (Å²) in [7, 11) is 0. The molecule has 138 valence electrons. The number of carbonyl (C=O) groups excluding carboxylic acids is 1. The van der Waals surface area contributed by atoms with E-state index < -0.39 is 17.1 Å². The molecule has 0 spiro atoms. The predicted octanol–water partition coefficient (Wildman–Crippen LogP) is 4.34. The lowest BCUT2D eigenvalue weighted by atomic mass is 9.72. The van der Waals surface area contributed by atoms with E-state index >= 15 is 0 Å². The van der Waals surface area contributed by atoms with E-state index in [1.165, 1.54) is 4.90 Å². The smallest absolute Gasteiger partial charge is 0.407 e. The lowest BCUT2D eigenvalue weighted by Gasteiger charge is -2.36. The zero-order chi connectivity index (χ0) is 18.8. The second-order valence-corrected chi connectivity index (χ2v) is 8.86. The average Bonchev–Trinajstić information content (AvgIpc) is 2.95. The molecular formula is C19H26BrNO4. The molecule has 0 aliphatic carbocycles. The first-order valence-corrected chi connectivity index (χ1v) is 9.26. The van der Waals surface area contributed by atoms with Gasteiger partial charge in [0.25, 0.3) is 0 Å². The van der Waals surface area contributed by atoms with Gasteiger partial charge in [0, 0.05) is 17.6 Å². The number of hydrogen-bond donors (Lipinski definition) is 1. The molecule has 6 heteroatoms. The molecule has 0 radical (unpaired) electrons. The Labute approximate surface area is 157 Å². The molecule has 5 nitrogen and oxygen atoms in total. The molecule has 2 atom stereocenters. The topological polar surface area (TPSA) is 66.8 Å². The number of rotatable bonds is 4. The van der Waals surface area contributed by atoms with Crippen molar-refractivity contribution >= 4 is 28.0 Å². The van der Waals surface area contributed by atoms with E-state index in [4.69, 9.17) is 4.74 Å². The van der Waals surface area contributed by atoms with Crippen LogP contribution in [0.15, 0.2) is 28.7 Å². The number of carbonyl (C=O) groups is 2. The molecule has 1 aliphatic rings. The number of ether oxygens (including phenoxy) is 1. The quantitative estimate of drug-likeness (QED) is 0.748. The van der Waals surface area contributed by atoms with Crippen LogP contribution in [0.5, 0.6) is 0 Å². The molecule has 1 saturated heterocycles. The van der Waals surface area contributed by atoms with Crippen LogP contribution >= 0.6 is 15.9 Å². The van der Waals surface area contributed by atoms with Gasteiger partial charge in [0.1, 0.15) is 5.60 Å². The van der Waals surface area contributed by atoms with Crippen molar-refractivity contribution in [3.05, 3.63) is 34.3 Å². The fourth-order valence-electron chi connectivity index (χ4n) is 3.30. The Hall–Kier alpha value is -1.56. The van der Waals surface area contributed by atoms with Crippen molar-refractivity contribution < 1.29 is 19.4 Å². The number of amides is 1. The summed E-state index contributed by atoms with van der Waals surface area (Å²) in [6.07, 6.45) is 0.242. The largest absolute Gasteiger partial charge is 0.465 e. The van der Waals surface area contributed by atoms with Gasteiger partial charge in [-0.05, 0) is 64.2 Å². The normalized spacial score (nSPS) is 20.2. The summed E-state index contributed by atoms with van der Waals surface area (Å²) in [5.74, 6) is -0.338. The van der Waals surface area contributed by atoms with Crippen molar-refractivity contribution in [3.63, 3.8) is 0 Å². The standard InChI is InChI=1S/C19H26BrNO4/c1-18(2,3)25-16(22)19(4,11-13-6-5-7-15(20)10-13)14-8-9-21(12-14)17(23)24/h5-7,10,14H,8-9,11-12H2,1-4H3,(H,23,24)/t14-,19?/m0/s1. The van der Waals surface area contributed by atoms with E-state index in [0.717, 1.165) is 10.0 Å². The third kappa shape index (κ3) is 4.97. The van der Waals surface area contributed by atoms with Crippen LogP contribution in [0.4, 0.5) is 4.79 Å². The maximum Gasteiger partial charge on any atom is 0.407 e. The molecule has 1 amide bonds. The Kier molecular flexibility index (Phi) is 5.82. The summed E-state index contributed by atoms with van der Waals surface area (Å²) in [6, 6.07) is 7.85. The van der Waals surface area contributed by atoms with Gasteiger partial charge in [-0.15, -0.1) is 0 Å². The number of halogens is 1. The fourth-order valence-corrected chi connectivity index (χ4v) is 3.75. The lowest BCUT2D eigenvalue weighted by Crippen LogP contribution is -2.44. The maximum absolute atomic E-state index is 13.0. The molecule has 1 aromatic carbocycles. The van der Waals surface area contributed by atoms with Gasteiger partial charge >= 0.3 is 12.1 Å². The molecule has 1 N–H and O–H groups in total. The molecule has 1 fully saturated rings. The summed E-state index contributed by atoms with van der Waals surface area (Å²) in [4.78, 5) is 25.7. The van der Waals surface area contributed by atoms with Crippen LogP contribution in [-0.2, 0) is 16.0 Å². The van der Waals surface area contributed by atoms with E-state index in [1.54, 1.807) is 0 Å². The highest BCUT2D eigenvalue weighted by atomic mass is 79.9. The summed E-state index contributed by atoms with van der Waals surface area (Å²) >= 11 is 3.47. The first-order valence-electron chi connectivity index (χ1n) is 8.47. The van der Waals surface area contributed by atoms with Crippen LogP contribution in [0.25, 0.3) is 0 Å². The number of hydrogen-bond acceptors (Lipinski definition) is 3. The highest BCUT2D eigenvalue weighted by molar-refractivity contribution is 9.10. The number of likely N-dealkylation sites (tertiary alicyclic amines) is 1. The number of benzene rings is 1. The zero-order valence-electron chi connectivity index (χ0n) is 15.2. The van der Waals surface area contributed by atoms with Gasteiger partial charge in [0.15, 0.2) is 0 Å². The Morgan fingerprint density at radius 1 is 1.32 bits per heavy atom. The van der Waals surface area contributed by atoms with Gasteiger partial charge in [-0.2, -0.15) is 0 Å². The van der Waals surface area contributed by atoms with Crippen molar-refractivity contribution in [2.45, 2.75) is 46.1 Å². The molecule has 1 aromatic rings. The van der Waals surface area contributed by atoms with Crippen LogP contribution in [0.2, 0.25) is 0 Å². The molecular weight excluding hydrogens is 386 g/mol. The summed E-state index contributed by atoms with van der Waals surface area (Å²) in [6.45, 7) is 8.27. The summed E-state index contributed by atoms with van der Waals surface area (Å²) < 4.78 is 6.65. The van der Waals surface area contributed by atoms with Crippen molar-refractivity contribution in [1.29, 1.82) is 0 Å². The first kappa shape index (κ1) is 19.8. The highest BCUT2D eigenvalue weighted by Crippen LogP contribution is 2.40. The van der Waals surface area contributed by atoms with E-state index in [1.807, 2.05) is 52.0 Å². The Morgan fingerprint density at radius 2 is 2.00 bits per heavy atom. The van der Waals surface area contributed by atoms with Crippen LogP contribution in [0, 0.1) is 11.3 Å². The SMILES string of the molecule is CC(C)(C)OC(=O)C(C)(Cc1cccc(Br)c1)[C@H]1CCN(C(=O)O)C1. The van der Waals surface area contributed by atoms with E-state index in [-0.39, 0.29) is 11.9 Å². The highest BCUT2D eigenvalue weighted by Gasteiger charge is 2.47. The maximum atomic E-state index is 13.0. The number of esters is 1. The van der Waals surface area contributed by atoms with E-state index in [9.17, 15) is 14.7 Å². The van der Waals surface area contributed by atoms with Crippen LogP contribution < -0.4 is 0 Å². The molecule has 1 unspecified atom stereocenters. The monoisotopic (exact) mass is 411 g/mol. The van der Waals surface area contributed by atoms with Gasteiger partial charge in [-0.25, -0.2) is 4.79 Å². The van der Waals surface area contributed by atoms with Crippen LogP contribution in [0.1, 0.15) is 39.7 Å². The second kappa shape index (κ2) is 7.36. The molecule has 0 aromatic heterocycles. The van der Waals surface area contributed by atoms with Gasteiger partial charge in [-0.1, -0.05) is 28.1 Å². The molecule has 2 rings (SSSR count). The van der Waals surface area contributed by atoms with Crippen molar-refractivity contribution in [2.24, 2.45) is 11.3 Å². The van der Waals surface area contributed by atoms with Crippen molar-refractivity contribution in [2.75, 3.05) is 13.1 Å². The third-order valence-corrected chi connectivity index (χ3v) is 5.18. The minimum absolute atomic E-state index is 0.0718. The van der Waals surface area contributed by atoms with Gasteiger partial charge in [0.2, 0.25) is 0 Å². The van der Waals surface area contributed by atoms with Crippen molar-refractivity contribution in [3.8, 4) is 0 Å². The lowest BCUT2D eigenvalue weighted by molar-refractivity contribution is -0.170. The Morgan fingerprint density at radius 3 is 2.52 bits per heavy atom. The van der Waals surface area contributed by atoms with E-state index in [0.29, 0.717) is 25.9 Å². The third-order valence-electron chi connectivity index (χ3n) is 4.69.